The van der Waals surface area contributed by atoms with E-state index < -0.39 is 0 Å². The number of rotatable bonds is 3. The Morgan fingerprint density at radius 1 is 1.47 bits per heavy atom. The predicted molar refractivity (Wildman–Crippen MR) is 57.7 cm³/mol. The van der Waals surface area contributed by atoms with Crippen molar-refractivity contribution in [2.45, 2.75) is 31.4 Å². The van der Waals surface area contributed by atoms with Crippen molar-refractivity contribution in [1.29, 1.82) is 0 Å². The van der Waals surface area contributed by atoms with Crippen LogP contribution < -0.4 is 5.32 Å². The van der Waals surface area contributed by atoms with Crippen LogP contribution in [0.4, 0.5) is 5.95 Å². The highest BCUT2D eigenvalue weighted by molar-refractivity contribution is 5.28. The van der Waals surface area contributed by atoms with Gasteiger partial charge in [-0.3, -0.25) is 0 Å². The van der Waals surface area contributed by atoms with E-state index in [4.69, 9.17) is 4.74 Å². The molecule has 0 amide bonds. The van der Waals surface area contributed by atoms with Crippen molar-refractivity contribution in [2.24, 2.45) is 13.0 Å². The zero-order chi connectivity index (χ0) is 10.3. The summed E-state index contributed by atoms with van der Waals surface area (Å²) in [6.07, 6.45) is 7.98. The van der Waals surface area contributed by atoms with Gasteiger partial charge < -0.3 is 14.6 Å². The molecule has 0 radical (unpaired) electrons. The van der Waals surface area contributed by atoms with E-state index >= 15 is 0 Å². The van der Waals surface area contributed by atoms with E-state index in [1.165, 1.54) is 12.8 Å². The molecule has 2 atom stereocenters. The van der Waals surface area contributed by atoms with Crippen molar-refractivity contribution >= 4 is 5.95 Å². The highest BCUT2D eigenvalue weighted by atomic mass is 16.5. The Balaban J connectivity index is 1.69. The van der Waals surface area contributed by atoms with E-state index in [1.807, 2.05) is 24.0 Å². The van der Waals surface area contributed by atoms with Gasteiger partial charge in [-0.05, 0) is 25.2 Å². The summed E-state index contributed by atoms with van der Waals surface area (Å²) in [5.41, 5.74) is 0. The summed E-state index contributed by atoms with van der Waals surface area (Å²) in [5, 5.41) is 3.49. The molecule has 1 aromatic heterocycles. The Bertz CT molecular complexity index is 345. The molecule has 0 aromatic carbocycles. The van der Waals surface area contributed by atoms with Crippen LogP contribution in [0.15, 0.2) is 12.4 Å². The van der Waals surface area contributed by atoms with E-state index in [9.17, 15) is 0 Å². The molecule has 2 unspecified atom stereocenters. The minimum Gasteiger partial charge on any atom is -0.376 e. The third kappa shape index (κ3) is 1.74. The van der Waals surface area contributed by atoms with Gasteiger partial charge in [0.05, 0.1) is 12.1 Å². The first-order valence-electron chi connectivity index (χ1n) is 5.70. The predicted octanol–water partition coefficient (Wildman–Crippen LogP) is 1.40. The van der Waals surface area contributed by atoms with Gasteiger partial charge in [0.1, 0.15) is 0 Å². The van der Waals surface area contributed by atoms with Crippen molar-refractivity contribution in [3.63, 3.8) is 0 Å². The normalized spacial score (nSPS) is 30.7. The molecule has 2 heterocycles. The second-order valence-corrected chi connectivity index (χ2v) is 4.57. The summed E-state index contributed by atoms with van der Waals surface area (Å²) in [5.74, 6) is 1.75. The van der Waals surface area contributed by atoms with Crippen LogP contribution in [-0.4, -0.2) is 28.3 Å². The van der Waals surface area contributed by atoms with Crippen molar-refractivity contribution < 1.29 is 4.74 Å². The first kappa shape index (κ1) is 9.21. The molecule has 4 nitrogen and oxygen atoms in total. The first-order valence-corrected chi connectivity index (χ1v) is 5.70. The lowest BCUT2D eigenvalue weighted by Crippen LogP contribution is -2.31. The summed E-state index contributed by atoms with van der Waals surface area (Å²) in [6, 6.07) is 0.457. The van der Waals surface area contributed by atoms with Gasteiger partial charge in [-0.15, -0.1) is 0 Å². The molecule has 1 N–H and O–H groups in total. The van der Waals surface area contributed by atoms with E-state index in [1.54, 1.807) is 0 Å². The molecule has 1 aromatic rings. The second kappa shape index (κ2) is 3.52. The summed E-state index contributed by atoms with van der Waals surface area (Å²) in [6.45, 7) is 0.892. The molecule has 1 aliphatic heterocycles. The van der Waals surface area contributed by atoms with E-state index in [0.717, 1.165) is 24.9 Å². The lowest BCUT2D eigenvalue weighted by atomic mass is 10.1. The van der Waals surface area contributed by atoms with Crippen LogP contribution in [0, 0.1) is 5.92 Å². The molecule has 2 fully saturated rings. The van der Waals surface area contributed by atoms with Crippen molar-refractivity contribution in [1.82, 2.24) is 9.55 Å². The van der Waals surface area contributed by atoms with Crippen LogP contribution in [0.25, 0.3) is 0 Å². The smallest absolute Gasteiger partial charge is 0.202 e. The Morgan fingerprint density at radius 2 is 2.33 bits per heavy atom. The SMILES string of the molecule is Cn1ccnc1NC1CCOC1C1CC1. The zero-order valence-electron chi connectivity index (χ0n) is 9.02. The van der Waals surface area contributed by atoms with Gasteiger partial charge in [-0.2, -0.15) is 0 Å². The van der Waals surface area contributed by atoms with Crippen molar-refractivity contribution in [3.05, 3.63) is 12.4 Å². The molecule has 0 bridgehead atoms. The lowest BCUT2D eigenvalue weighted by Gasteiger charge is -2.19. The summed E-state index contributed by atoms with van der Waals surface area (Å²) in [7, 11) is 2.01. The number of hydrogen-bond acceptors (Lipinski definition) is 3. The van der Waals surface area contributed by atoms with Crippen LogP contribution in [-0.2, 0) is 11.8 Å². The molecule has 2 aliphatic rings. The lowest BCUT2D eigenvalue weighted by molar-refractivity contribution is 0.0897. The highest BCUT2D eigenvalue weighted by Crippen LogP contribution is 2.39. The van der Waals surface area contributed by atoms with Gasteiger partial charge in [-0.1, -0.05) is 0 Å². The van der Waals surface area contributed by atoms with Gasteiger partial charge in [0.25, 0.3) is 0 Å². The molecular formula is C11H17N3O. The first-order chi connectivity index (χ1) is 7.34. The van der Waals surface area contributed by atoms with Crippen LogP contribution >= 0.6 is 0 Å². The standard InChI is InChI=1S/C11H17N3O/c1-14-6-5-12-11(14)13-9-4-7-15-10(9)8-2-3-8/h5-6,8-10H,2-4,7H2,1H3,(H,12,13). The second-order valence-electron chi connectivity index (χ2n) is 4.57. The van der Waals surface area contributed by atoms with Gasteiger partial charge in [0.2, 0.25) is 5.95 Å². The van der Waals surface area contributed by atoms with Gasteiger partial charge in [0, 0.05) is 26.0 Å². The van der Waals surface area contributed by atoms with Crippen LogP contribution in [0.5, 0.6) is 0 Å². The molecule has 3 rings (SSSR count). The van der Waals surface area contributed by atoms with Crippen LogP contribution in [0.1, 0.15) is 19.3 Å². The average molecular weight is 207 g/mol. The molecule has 15 heavy (non-hydrogen) atoms. The van der Waals surface area contributed by atoms with Gasteiger partial charge in [0.15, 0.2) is 0 Å². The molecular weight excluding hydrogens is 190 g/mol. The molecule has 82 valence electrons. The Labute approximate surface area is 89.6 Å². The Morgan fingerprint density at radius 3 is 3.00 bits per heavy atom. The number of nitrogens with one attached hydrogen (secondary N) is 1. The molecule has 0 spiro atoms. The molecule has 1 aliphatic carbocycles. The highest BCUT2D eigenvalue weighted by Gasteiger charge is 2.40. The third-order valence-corrected chi connectivity index (χ3v) is 3.36. The quantitative estimate of drug-likeness (QED) is 0.814. The number of aromatic nitrogens is 2. The average Bonchev–Trinajstić information content (AvgIpc) is 2.85. The van der Waals surface area contributed by atoms with Gasteiger partial charge >= 0.3 is 0 Å². The van der Waals surface area contributed by atoms with E-state index in [0.29, 0.717) is 12.1 Å². The van der Waals surface area contributed by atoms with Crippen LogP contribution in [0.2, 0.25) is 0 Å². The molecule has 1 saturated carbocycles. The number of anilines is 1. The molecule has 4 heteroatoms. The maximum Gasteiger partial charge on any atom is 0.202 e. The zero-order valence-corrected chi connectivity index (χ0v) is 9.02. The molecule has 1 saturated heterocycles. The minimum absolute atomic E-state index is 0.418. The fourth-order valence-electron chi connectivity index (χ4n) is 2.33. The minimum atomic E-state index is 0.418. The van der Waals surface area contributed by atoms with Crippen LogP contribution in [0.3, 0.4) is 0 Å². The maximum atomic E-state index is 5.78. The number of ether oxygens (including phenoxy) is 1. The third-order valence-electron chi connectivity index (χ3n) is 3.36. The van der Waals surface area contributed by atoms with Gasteiger partial charge in [-0.25, -0.2) is 4.98 Å². The largest absolute Gasteiger partial charge is 0.376 e. The Hall–Kier alpha value is -1.03. The summed E-state index contributed by atoms with van der Waals surface area (Å²) < 4.78 is 7.79. The van der Waals surface area contributed by atoms with Crippen molar-refractivity contribution in [3.8, 4) is 0 Å². The van der Waals surface area contributed by atoms with Crippen molar-refractivity contribution in [2.75, 3.05) is 11.9 Å². The summed E-state index contributed by atoms with van der Waals surface area (Å²) in [4.78, 5) is 4.29. The van der Waals surface area contributed by atoms with E-state index in [-0.39, 0.29) is 0 Å². The number of nitrogens with zero attached hydrogens (tertiary/aromatic N) is 2. The number of aryl methyl sites for hydroxylation is 1. The Kier molecular flexibility index (Phi) is 2.16. The maximum absolute atomic E-state index is 5.78. The fraction of sp³-hybridized carbons (Fsp3) is 0.727. The monoisotopic (exact) mass is 207 g/mol. The topological polar surface area (TPSA) is 39.1 Å². The summed E-state index contributed by atoms with van der Waals surface area (Å²) >= 11 is 0. The number of hydrogen-bond donors (Lipinski definition) is 1. The fourth-order valence-corrected chi connectivity index (χ4v) is 2.33. The van der Waals surface area contributed by atoms with E-state index in [2.05, 4.69) is 10.3 Å². The number of imidazole rings is 1.